The minimum atomic E-state index is 0.0288. The molecule has 0 spiro atoms. The molecule has 6 heteroatoms. The molecule has 1 saturated heterocycles. The highest BCUT2D eigenvalue weighted by Crippen LogP contribution is 2.31. The van der Waals surface area contributed by atoms with Crippen LogP contribution in [0, 0.1) is 0 Å². The molecule has 124 valence electrons. The van der Waals surface area contributed by atoms with Crippen molar-refractivity contribution in [1.29, 1.82) is 0 Å². The Morgan fingerprint density at radius 3 is 2.91 bits per heavy atom. The Bertz CT molecular complexity index is 649. The zero-order valence-corrected chi connectivity index (χ0v) is 13.9. The lowest BCUT2D eigenvalue weighted by Crippen LogP contribution is -2.41. The maximum Gasteiger partial charge on any atom is 0.224 e. The number of likely N-dealkylation sites (N-methyl/N-ethyl adjacent to an activating group) is 1. The molecular weight excluding hydrogens is 292 g/mol. The maximum atomic E-state index is 12.2. The average Bonchev–Trinajstić information content (AvgIpc) is 3.21. The number of aryl methyl sites for hydroxylation is 2. The second-order valence-corrected chi connectivity index (χ2v) is 6.33. The van der Waals surface area contributed by atoms with Gasteiger partial charge in [-0.15, -0.1) is 0 Å². The normalized spacial score (nSPS) is 22.7. The Morgan fingerprint density at radius 1 is 1.43 bits per heavy atom. The third-order valence-electron chi connectivity index (χ3n) is 4.65. The molecule has 1 aliphatic heterocycles. The summed E-state index contributed by atoms with van der Waals surface area (Å²) in [7, 11) is 3.79. The lowest BCUT2D eigenvalue weighted by Gasteiger charge is -2.28. The fraction of sp³-hybridized carbons (Fsp3) is 0.529. The predicted molar refractivity (Wildman–Crippen MR) is 86.8 cm³/mol. The molecule has 1 unspecified atom stereocenters. The van der Waals surface area contributed by atoms with E-state index in [2.05, 4.69) is 17.3 Å². The van der Waals surface area contributed by atoms with Crippen molar-refractivity contribution >= 4 is 5.91 Å². The number of likely N-dealkylation sites (tertiary alicyclic amines) is 1. The van der Waals surface area contributed by atoms with Gasteiger partial charge in [-0.3, -0.25) is 9.48 Å². The van der Waals surface area contributed by atoms with Crippen LogP contribution in [0.15, 0.2) is 35.1 Å². The van der Waals surface area contributed by atoms with Gasteiger partial charge in [-0.05, 0) is 31.5 Å². The van der Waals surface area contributed by atoms with Gasteiger partial charge in [0.2, 0.25) is 5.91 Å². The highest BCUT2D eigenvalue weighted by Gasteiger charge is 2.40. The summed E-state index contributed by atoms with van der Waals surface area (Å²) >= 11 is 0. The average molecular weight is 316 g/mol. The van der Waals surface area contributed by atoms with E-state index in [0.717, 1.165) is 24.3 Å². The maximum absolute atomic E-state index is 12.2. The number of furan rings is 1. The molecule has 1 fully saturated rings. The number of carbonyl (C=O) groups is 1. The van der Waals surface area contributed by atoms with Gasteiger partial charge < -0.3 is 14.6 Å². The zero-order chi connectivity index (χ0) is 16.4. The molecule has 0 radical (unpaired) electrons. The van der Waals surface area contributed by atoms with E-state index in [9.17, 15) is 4.79 Å². The van der Waals surface area contributed by atoms with Crippen LogP contribution in [0.25, 0.3) is 0 Å². The van der Waals surface area contributed by atoms with Crippen molar-refractivity contribution in [2.75, 3.05) is 7.05 Å². The standard InChI is InChI=1S/C17H24N4O2/c1-12(6-7-13-5-4-10-23-13)19-14-11-16(22)20(2)17(14)15-8-9-18-21(15)3/h4-5,8-10,12,14,17,19H,6-7,11H2,1-3H3/t12?,14-,17-/m1/s1. The molecule has 23 heavy (non-hydrogen) atoms. The number of hydrogen-bond donors (Lipinski definition) is 1. The number of nitrogens with one attached hydrogen (secondary N) is 1. The number of nitrogens with zero attached hydrogens (tertiary/aromatic N) is 3. The molecule has 1 amide bonds. The molecule has 1 aliphatic rings. The van der Waals surface area contributed by atoms with E-state index in [0.29, 0.717) is 12.5 Å². The van der Waals surface area contributed by atoms with E-state index >= 15 is 0 Å². The van der Waals surface area contributed by atoms with Crippen molar-refractivity contribution < 1.29 is 9.21 Å². The molecule has 6 nitrogen and oxygen atoms in total. The summed E-state index contributed by atoms with van der Waals surface area (Å²) in [6, 6.07) is 6.34. The van der Waals surface area contributed by atoms with Gasteiger partial charge in [0.15, 0.2) is 0 Å². The highest BCUT2D eigenvalue weighted by atomic mass is 16.3. The molecule has 3 rings (SSSR count). The summed E-state index contributed by atoms with van der Waals surface area (Å²) in [6.07, 6.45) is 5.88. The van der Waals surface area contributed by atoms with Crippen LogP contribution in [0.5, 0.6) is 0 Å². The summed E-state index contributed by atoms with van der Waals surface area (Å²) in [5.74, 6) is 1.17. The first-order valence-electron chi connectivity index (χ1n) is 8.08. The number of carbonyl (C=O) groups excluding carboxylic acids is 1. The Balaban J connectivity index is 1.65. The molecule has 3 heterocycles. The van der Waals surface area contributed by atoms with Gasteiger partial charge >= 0.3 is 0 Å². The van der Waals surface area contributed by atoms with Crippen molar-refractivity contribution in [2.24, 2.45) is 7.05 Å². The summed E-state index contributed by atoms with van der Waals surface area (Å²) < 4.78 is 7.23. The molecule has 0 aromatic carbocycles. The largest absolute Gasteiger partial charge is 0.469 e. The van der Waals surface area contributed by atoms with E-state index in [-0.39, 0.29) is 18.0 Å². The summed E-state index contributed by atoms with van der Waals surface area (Å²) in [5, 5.41) is 7.87. The second kappa shape index (κ2) is 6.58. The predicted octanol–water partition coefficient (Wildman–Crippen LogP) is 1.90. The number of amides is 1. The van der Waals surface area contributed by atoms with E-state index < -0.39 is 0 Å². The molecule has 1 N–H and O–H groups in total. The van der Waals surface area contributed by atoms with Crippen LogP contribution >= 0.6 is 0 Å². The first-order valence-corrected chi connectivity index (χ1v) is 8.08. The van der Waals surface area contributed by atoms with E-state index in [1.54, 1.807) is 12.5 Å². The molecule has 3 atom stereocenters. The smallest absolute Gasteiger partial charge is 0.224 e. The summed E-state index contributed by atoms with van der Waals surface area (Å²) in [5.41, 5.74) is 1.06. The van der Waals surface area contributed by atoms with Crippen molar-refractivity contribution in [3.05, 3.63) is 42.1 Å². The third kappa shape index (κ3) is 3.32. The Morgan fingerprint density at radius 2 is 2.26 bits per heavy atom. The van der Waals surface area contributed by atoms with Crippen LogP contribution in [0.1, 0.15) is 37.3 Å². The van der Waals surface area contributed by atoms with Crippen molar-refractivity contribution in [1.82, 2.24) is 20.0 Å². The van der Waals surface area contributed by atoms with Crippen LogP contribution < -0.4 is 5.32 Å². The van der Waals surface area contributed by atoms with Crippen molar-refractivity contribution in [2.45, 2.75) is 44.3 Å². The van der Waals surface area contributed by atoms with Gasteiger partial charge in [0.05, 0.1) is 18.0 Å². The highest BCUT2D eigenvalue weighted by molar-refractivity contribution is 5.80. The Kier molecular flexibility index (Phi) is 4.52. The molecule has 0 aliphatic carbocycles. The topological polar surface area (TPSA) is 63.3 Å². The molecule has 0 saturated carbocycles. The van der Waals surface area contributed by atoms with Gasteiger partial charge in [-0.25, -0.2) is 0 Å². The first kappa shape index (κ1) is 15.8. The third-order valence-corrected chi connectivity index (χ3v) is 4.65. The summed E-state index contributed by atoms with van der Waals surface area (Å²) in [6.45, 7) is 2.16. The van der Waals surface area contributed by atoms with Gasteiger partial charge in [0.1, 0.15) is 5.76 Å². The number of hydrogen-bond acceptors (Lipinski definition) is 4. The number of aromatic nitrogens is 2. The fourth-order valence-electron chi connectivity index (χ4n) is 3.36. The van der Waals surface area contributed by atoms with E-state index in [1.165, 1.54) is 0 Å². The lowest BCUT2D eigenvalue weighted by atomic mass is 10.0. The van der Waals surface area contributed by atoms with Crippen molar-refractivity contribution in [3.8, 4) is 0 Å². The van der Waals surface area contributed by atoms with Gasteiger partial charge in [-0.2, -0.15) is 5.10 Å². The first-order chi connectivity index (χ1) is 11.1. The minimum Gasteiger partial charge on any atom is -0.469 e. The molecule has 2 aromatic rings. The van der Waals surface area contributed by atoms with Crippen LogP contribution in [-0.4, -0.2) is 39.7 Å². The van der Waals surface area contributed by atoms with Crippen molar-refractivity contribution in [3.63, 3.8) is 0 Å². The van der Waals surface area contributed by atoms with Crippen LogP contribution in [-0.2, 0) is 18.3 Å². The molecular formula is C17H24N4O2. The van der Waals surface area contributed by atoms with Gasteiger partial charge in [0, 0.05) is 45.2 Å². The summed E-state index contributed by atoms with van der Waals surface area (Å²) in [4.78, 5) is 14.0. The Labute approximate surface area is 136 Å². The monoisotopic (exact) mass is 316 g/mol. The van der Waals surface area contributed by atoms with Crippen LogP contribution in [0.4, 0.5) is 0 Å². The van der Waals surface area contributed by atoms with Gasteiger partial charge in [0.25, 0.3) is 0 Å². The Hall–Kier alpha value is -2.08. The lowest BCUT2D eigenvalue weighted by molar-refractivity contribution is -0.127. The molecule has 0 bridgehead atoms. The van der Waals surface area contributed by atoms with Gasteiger partial charge in [-0.1, -0.05) is 0 Å². The minimum absolute atomic E-state index is 0.0288. The van der Waals surface area contributed by atoms with Crippen LogP contribution in [0.2, 0.25) is 0 Å². The molecule has 2 aromatic heterocycles. The number of rotatable bonds is 6. The van der Waals surface area contributed by atoms with E-state index in [1.807, 2.05) is 41.9 Å². The van der Waals surface area contributed by atoms with Crippen LogP contribution in [0.3, 0.4) is 0 Å². The zero-order valence-electron chi connectivity index (χ0n) is 13.9. The van der Waals surface area contributed by atoms with E-state index in [4.69, 9.17) is 4.42 Å². The SMILES string of the molecule is CC(CCc1ccco1)N[C@@H]1CC(=O)N(C)[C@H]1c1ccnn1C. The fourth-order valence-corrected chi connectivity index (χ4v) is 3.36. The second-order valence-electron chi connectivity index (χ2n) is 6.33. The quantitative estimate of drug-likeness (QED) is 0.884.